The van der Waals surface area contributed by atoms with Gasteiger partial charge in [0.25, 0.3) is 0 Å². The minimum atomic E-state index is -1.07. The summed E-state index contributed by atoms with van der Waals surface area (Å²) in [7, 11) is 0. The van der Waals surface area contributed by atoms with Gasteiger partial charge in [-0.2, -0.15) is 0 Å². The molecule has 0 unspecified atom stereocenters. The molecule has 19 heavy (non-hydrogen) atoms. The van der Waals surface area contributed by atoms with Crippen LogP contribution in [0.15, 0.2) is 27.1 Å². The molecule has 1 atom stereocenters. The van der Waals surface area contributed by atoms with Crippen molar-refractivity contribution >= 4 is 61.2 Å². The van der Waals surface area contributed by atoms with Crippen LogP contribution in [0.4, 0.5) is 5.69 Å². The normalized spacial score (nSPS) is 11.9. The Morgan fingerprint density at radius 3 is 2.68 bits per heavy atom. The van der Waals surface area contributed by atoms with E-state index < -0.39 is 12.0 Å². The second kappa shape index (κ2) is 7.88. The topological polar surface area (TPSA) is 92.4 Å². The minimum absolute atomic E-state index is 0.156. The lowest BCUT2D eigenvalue weighted by molar-refractivity contribution is -0.137. The zero-order valence-electron chi connectivity index (χ0n) is 9.73. The number of halogens is 2. The van der Waals surface area contributed by atoms with Gasteiger partial charge < -0.3 is 16.2 Å². The number of nitrogens with two attached hydrogens (primary N) is 1. The number of nitrogens with one attached hydrogen (secondary N) is 1. The fraction of sp³-hybridized carbons (Fsp3) is 0.273. The standard InChI is InChI=1S/C11H12Br2N2O3S/c12-6-1-2-9(7(13)3-6)15-10(16)5-19-4-8(14)11(17)18/h1-3,8H,4-5,14H2,(H,15,16)(H,17,18)/t8-/m1/s1. The highest BCUT2D eigenvalue weighted by molar-refractivity contribution is 9.11. The van der Waals surface area contributed by atoms with Crippen LogP contribution in [0.25, 0.3) is 0 Å². The Morgan fingerprint density at radius 1 is 1.42 bits per heavy atom. The van der Waals surface area contributed by atoms with Crippen molar-refractivity contribution < 1.29 is 14.7 Å². The summed E-state index contributed by atoms with van der Waals surface area (Å²) >= 11 is 7.84. The van der Waals surface area contributed by atoms with Crippen molar-refractivity contribution in [3.05, 3.63) is 27.1 Å². The number of anilines is 1. The lowest BCUT2D eigenvalue weighted by Gasteiger charge is -2.08. The summed E-state index contributed by atoms with van der Waals surface area (Å²) in [5.41, 5.74) is 5.99. The third-order valence-electron chi connectivity index (χ3n) is 2.05. The van der Waals surface area contributed by atoms with Crippen molar-refractivity contribution in [2.24, 2.45) is 5.73 Å². The third-order valence-corrected chi connectivity index (χ3v) is 4.26. The molecule has 5 nitrogen and oxygen atoms in total. The molecule has 4 N–H and O–H groups in total. The molecule has 1 aromatic carbocycles. The van der Waals surface area contributed by atoms with Gasteiger partial charge in [0.2, 0.25) is 5.91 Å². The molecule has 0 saturated carbocycles. The van der Waals surface area contributed by atoms with Gasteiger partial charge in [0.15, 0.2) is 0 Å². The van der Waals surface area contributed by atoms with Crippen molar-refractivity contribution in [3.63, 3.8) is 0 Å². The Kier molecular flexibility index (Phi) is 6.84. The van der Waals surface area contributed by atoms with Crippen LogP contribution in [-0.2, 0) is 9.59 Å². The number of hydrogen-bond donors (Lipinski definition) is 3. The van der Waals surface area contributed by atoms with E-state index in [0.717, 1.165) is 8.95 Å². The zero-order chi connectivity index (χ0) is 14.4. The van der Waals surface area contributed by atoms with E-state index in [1.165, 1.54) is 11.8 Å². The van der Waals surface area contributed by atoms with Crippen molar-refractivity contribution in [1.82, 2.24) is 0 Å². The maximum absolute atomic E-state index is 11.6. The largest absolute Gasteiger partial charge is 0.480 e. The Morgan fingerprint density at radius 2 is 2.11 bits per heavy atom. The summed E-state index contributed by atoms with van der Waals surface area (Å²) in [6.07, 6.45) is 0. The first-order chi connectivity index (χ1) is 8.90. The van der Waals surface area contributed by atoms with Gasteiger partial charge in [-0.15, -0.1) is 11.8 Å². The maximum Gasteiger partial charge on any atom is 0.321 e. The van der Waals surface area contributed by atoms with Crippen LogP contribution in [-0.4, -0.2) is 34.5 Å². The number of thioether (sulfide) groups is 1. The van der Waals surface area contributed by atoms with Gasteiger partial charge in [-0.05, 0) is 34.1 Å². The van der Waals surface area contributed by atoms with Gasteiger partial charge >= 0.3 is 5.97 Å². The number of amides is 1. The SMILES string of the molecule is N[C@H](CSCC(=O)Nc1ccc(Br)cc1Br)C(=O)O. The number of carbonyl (C=O) groups is 2. The van der Waals surface area contributed by atoms with Gasteiger partial charge in [0.05, 0.1) is 11.4 Å². The molecule has 0 heterocycles. The number of carboxylic acid groups (broad SMARTS) is 1. The van der Waals surface area contributed by atoms with E-state index in [9.17, 15) is 9.59 Å². The molecule has 1 amide bonds. The molecule has 0 bridgehead atoms. The fourth-order valence-corrected chi connectivity index (χ4v) is 3.05. The Labute approximate surface area is 131 Å². The molecular weight excluding hydrogens is 400 g/mol. The number of benzene rings is 1. The maximum atomic E-state index is 11.6. The van der Waals surface area contributed by atoms with E-state index in [4.69, 9.17) is 10.8 Å². The highest BCUT2D eigenvalue weighted by Gasteiger charge is 2.12. The molecule has 0 radical (unpaired) electrons. The van der Waals surface area contributed by atoms with Gasteiger partial charge in [-0.3, -0.25) is 9.59 Å². The lowest BCUT2D eigenvalue weighted by atomic mass is 10.3. The number of carbonyl (C=O) groups excluding carboxylic acids is 1. The molecule has 0 aliphatic carbocycles. The minimum Gasteiger partial charge on any atom is -0.480 e. The summed E-state index contributed by atoms with van der Waals surface area (Å²) in [4.78, 5) is 22.1. The molecule has 1 aromatic rings. The molecule has 0 spiro atoms. The van der Waals surface area contributed by atoms with E-state index in [1.807, 2.05) is 12.1 Å². The first-order valence-electron chi connectivity index (χ1n) is 5.21. The average Bonchev–Trinajstić information content (AvgIpc) is 2.32. The summed E-state index contributed by atoms with van der Waals surface area (Å²) in [6, 6.07) is 4.45. The van der Waals surface area contributed by atoms with Gasteiger partial charge in [-0.25, -0.2) is 0 Å². The van der Waals surface area contributed by atoms with Crippen LogP contribution >= 0.6 is 43.6 Å². The van der Waals surface area contributed by atoms with Crippen LogP contribution in [0.2, 0.25) is 0 Å². The van der Waals surface area contributed by atoms with Crippen molar-refractivity contribution in [1.29, 1.82) is 0 Å². The molecule has 0 fully saturated rings. The number of rotatable bonds is 6. The van der Waals surface area contributed by atoms with Crippen LogP contribution < -0.4 is 11.1 Å². The van der Waals surface area contributed by atoms with Crippen LogP contribution in [0.3, 0.4) is 0 Å². The molecule has 104 valence electrons. The van der Waals surface area contributed by atoms with Crippen LogP contribution in [0, 0.1) is 0 Å². The summed E-state index contributed by atoms with van der Waals surface area (Å²) in [5.74, 6) is -0.914. The number of carboxylic acids is 1. The highest BCUT2D eigenvalue weighted by Crippen LogP contribution is 2.26. The Bertz CT molecular complexity index is 485. The van der Waals surface area contributed by atoms with Gasteiger partial charge in [0.1, 0.15) is 6.04 Å². The van der Waals surface area contributed by atoms with E-state index in [-0.39, 0.29) is 17.4 Å². The van der Waals surface area contributed by atoms with E-state index in [1.54, 1.807) is 6.07 Å². The molecular formula is C11H12Br2N2O3S. The zero-order valence-corrected chi connectivity index (χ0v) is 13.7. The summed E-state index contributed by atoms with van der Waals surface area (Å²) < 4.78 is 1.67. The summed E-state index contributed by atoms with van der Waals surface area (Å²) in [5, 5.41) is 11.3. The predicted molar refractivity (Wildman–Crippen MR) is 83.4 cm³/mol. The highest BCUT2D eigenvalue weighted by atomic mass is 79.9. The third kappa shape index (κ3) is 5.94. The number of hydrogen-bond acceptors (Lipinski definition) is 4. The predicted octanol–water partition coefficient (Wildman–Crippen LogP) is 2.30. The van der Waals surface area contributed by atoms with Crippen LogP contribution in [0.1, 0.15) is 0 Å². The lowest BCUT2D eigenvalue weighted by Crippen LogP contribution is -2.33. The molecule has 0 aliphatic heterocycles. The Hall–Kier alpha value is -0.570. The van der Waals surface area contributed by atoms with Crippen molar-refractivity contribution in [3.8, 4) is 0 Å². The second-order valence-corrected chi connectivity index (χ2v) is 6.43. The first-order valence-corrected chi connectivity index (χ1v) is 7.95. The number of aliphatic carboxylic acids is 1. The van der Waals surface area contributed by atoms with Crippen LogP contribution in [0.5, 0.6) is 0 Å². The quantitative estimate of drug-likeness (QED) is 0.667. The van der Waals surface area contributed by atoms with E-state index in [0.29, 0.717) is 5.69 Å². The van der Waals surface area contributed by atoms with Crippen molar-refractivity contribution in [2.75, 3.05) is 16.8 Å². The van der Waals surface area contributed by atoms with E-state index >= 15 is 0 Å². The molecule has 1 rings (SSSR count). The van der Waals surface area contributed by atoms with Crippen molar-refractivity contribution in [2.45, 2.75) is 6.04 Å². The first kappa shape index (κ1) is 16.5. The fourth-order valence-electron chi connectivity index (χ4n) is 1.13. The average molecular weight is 412 g/mol. The molecule has 0 aromatic heterocycles. The van der Waals surface area contributed by atoms with Gasteiger partial charge in [0, 0.05) is 14.7 Å². The smallest absolute Gasteiger partial charge is 0.321 e. The molecule has 0 aliphatic rings. The summed E-state index contributed by atoms with van der Waals surface area (Å²) in [6.45, 7) is 0. The molecule has 8 heteroatoms. The Balaban J connectivity index is 2.41. The van der Waals surface area contributed by atoms with E-state index in [2.05, 4.69) is 37.2 Å². The van der Waals surface area contributed by atoms with Gasteiger partial charge in [-0.1, -0.05) is 15.9 Å². The second-order valence-electron chi connectivity index (χ2n) is 3.63. The molecule has 0 saturated heterocycles. The monoisotopic (exact) mass is 410 g/mol.